The van der Waals surface area contributed by atoms with Gasteiger partial charge in [0.05, 0.1) is 5.69 Å². The monoisotopic (exact) mass is 357 g/mol. The van der Waals surface area contributed by atoms with Crippen molar-refractivity contribution >= 4 is 22.4 Å². The molecule has 26 heavy (non-hydrogen) atoms. The summed E-state index contributed by atoms with van der Waals surface area (Å²) >= 11 is 1.41. The number of amides is 1. The van der Waals surface area contributed by atoms with Gasteiger partial charge in [0.25, 0.3) is 5.91 Å². The molecule has 4 aromatic rings. The highest BCUT2D eigenvalue weighted by molar-refractivity contribution is 7.14. The molecular weight excluding hydrogens is 342 g/mol. The summed E-state index contributed by atoms with van der Waals surface area (Å²) in [5.41, 5.74) is 4.77. The van der Waals surface area contributed by atoms with E-state index in [1.54, 1.807) is 24.5 Å². The number of nitrogens with one attached hydrogen (secondary N) is 1. The molecule has 0 fully saturated rings. The number of anilines is 1. The third kappa shape index (κ3) is 3.53. The largest absolute Gasteiger partial charge is 0.298 e. The number of hydrogen-bond donors (Lipinski definition) is 1. The van der Waals surface area contributed by atoms with Gasteiger partial charge in [0.15, 0.2) is 5.13 Å². The van der Waals surface area contributed by atoms with Crippen LogP contribution in [0.3, 0.4) is 0 Å². The van der Waals surface area contributed by atoms with E-state index < -0.39 is 0 Å². The zero-order valence-corrected chi connectivity index (χ0v) is 14.6. The fourth-order valence-corrected chi connectivity index (χ4v) is 3.32. The van der Waals surface area contributed by atoms with Crippen molar-refractivity contribution in [1.82, 2.24) is 9.97 Å². The van der Waals surface area contributed by atoms with Crippen molar-refractivity contribution in [2.24, 2.45) is 0 Å². The molecule has 2 heterocycles. The lowest BCUT2D eigenvalue weighted by molar-refractivity contribution is 0.102. The van der Waals surface area contributed by atoms with Crippen LogP contribution < -0.4 is 5.32 Å². The molecule has 4 nitrogen and oxygen atoms in total. The van der Waals surface area contributed by atoms with Gasteiger partial charge in [-0.2, -0.15) is 0 Å². The predicted octanol–water partition coefficient (Wildman–Crippen LogP) is 5.12. The lowest BCUT2D eigenvalue weighted by atomic mass is 10.0. The van der Waals surface area contributed by atoms with E-state index >= 15 is 0 Å². The van der Waals surface area contributed by atoms with Crippen molar-refractivity contribution in [3.8, 4) is 22.4 Å². The van der Waals surface area contributed by atoms with Crippen LogP contribution in [0.2, 0.25) is 0 Å². The van der Waals surface area contributed by atoms with Gasteiger partial charge in [-0.15, -0.1) is 11.3 Å². The molecular formula is C21H15N3OS. The maximum absolute atomic E-state index is 12.2. The maximum atomic E-state index is 12.2. The van der Waals surface area contributed by atoms with Gasteiger partial charge in [-0.25, -0.2) is 4.98 Å². The highest BCUT2D eigenvalue weighted by Gasteiger charge is 2.10. The van der Waals surface area contributed by atoms with Gasteiger partial charge in [0.2, 0.25) is 0 Å². The fourth-order valence-electron chi connectivity index (χ4n) is 2.60. The summed E-state index contributed by atoms with van der Waals surface area (Å²) in [5.74, 6) is -0.187. The van der Waals surface area contributed by atoms with Crippen LogP contribution in [0.25, 0.3) is 22.4 Å². The number of aromatic nitrogens is 2. The molecule has 1 amide bonds. The van der Waals surface area contributed by atoms with E-state index in [2.05, 4.69) is 39.6 Å². The van der Waals surface area contributed by atoms with E-state index in [1.165, 1.54) is 16.9 Å². The second-order valence-electron chi connectivity index (χ2n) is 5.67. The van der Waals surface area contributed by atoms with Crippen molar-refractivity contribution in [2.75, 3.05) is 5.32 Å². The Hall–Kier alpha value is -3.31. The first-order valence-electron chi connectivity index (χ1n) is 8.12. The standard InChI is InChI=1S/C21H15N3OS/c25-20(18-10-12-22-13-11-18)24-21-23-19(14-26-21)17-8-6-16(7-9-17)15-4-2-1-3-5-15/h1-14H,(H,23,24,25). The topological polar surface area (TPSA) is 54.9 Å². The summed E-state index contributed by atoms with van der Waals surface area (Å²) < 4.78 is 0. The van der Waals surface area contributed by atoms with Crippen LogP contribution in [0, 0.1) is 0 Å². The Kier molecular flexibility index (Phi) is 4.53. The van der Waals surface area contributed by atoms with E-state index in [1.807, 2.05) is 35.7 Å². The maximum Gasteiger partial charge on any atom is 0.257 e. The molecule has 126 valence electrons. The third-order valence-corrected chi connectivity index (χ3v) is 4.71. The molecule has 2 aromatic heterocycles. The molecule has 0 aliphatic heterocycles. The van der Waals surface area contributed by atoms with Crippen LogP contribution in [0.1, 0.15) is 10.4 Å². The Morgan fingerprint density at radius 1 is 0.808 bits per heavy atom. The molecule has 0 radical (unpaired) electrons. The van der Waals surface area contributed by atoms with Gasteiger partial charge in [0.1, 0.15) is 0 Å². The van der Waals surface area contributed by atoms with E-state index in [0.717, 1.165) is 16.8 Å². The smallest absolute Gasteiger partial charge is 0.257 e. The molecule has 0 atom stereocenters. The zero-order chi connectivity index (χ0) is 17.8. The van der Waals surface area contributed by atoms with Gasteiger partial charge in [-0.1, -0.05) is 54.6 Å². The Labute approximate surface area is 155 Å². The minimum atomic E-state index is -0.187. The first-order chi connectivity index (χ1) is 12.8. The zero-order valence-electron chi connectivity index (χ0n) is 13.8. The minimum absolute atomic E-state index is 0.187. The molecule has 0 bridgehead atoms. The van der Waals surface area contributed by atoms with Gasteiger partial charge < -0.3 is 0 Å². The lowest BCUT2D eigenvalue weighted by Crippen LogP contribution is -2.11. The fraction of sp³-hybridized carbons (Fsp3) is 0. The average molecular weight is 357 g/mol. The molecule has 0 unspecified atom stereocenters. The van der Waals surface area contributed by atoms with E-state index in [9.17, 15) is 4.79 Å². The van der Waals surface area contributed by atoms with Crippen molar-refractivity contribution in [3.63, 3.8) is 0 Å². The summed E-state index contributed by atoms with van der Waals surface area (Å²) in [6.45, 7) is 0. The Balaban J connectivity index is 1.50. The quantitative estimate of drug-likeness (QED) is 0.551. The molecule has 0 aliphatic rings. The van der Waals surface area contributed by atoms with E-state index in [0.29, 0.717) is 10.7 Å². The molecule has 1 N–H and O–H groups in total. The molecule has 0 saturated heterocycles. The van der Waals surface area contributed by atoms with Crippen LogP contribution >= 0.6 is 11.3 Å². The third-order valence-electron chi connectivity index (χ3n) is 3.95. The summed E-state index contributed by atoms with van der Waals surface area (Å²) in [7, 11) is 0. The van der Waals surface area contributed by atoms with E-state index in [-0.39, 0.29) is 5.91 Å². The van der Waals surface area contributed by atoms with Crippen LogP contribution in [0.4, 0.5) is 5.13 Å². The van der Waals surface area contributed by atoms with E-state index in [4.69, 9.17) is 0 Å². The average Bonchev–Trinajstić information content (AvgIpc) is 3.18. The summed E-state index contributed by atoms with van der Waals surface area (Å²) in [5, 5.41) is 5.35. The molecule has 0 aliphatic carbocycles. The SMILES string of the molecule is O=C(Nc1nc(-c2ccc(-c3ccccc3)cc2)cs1)c1ccncc1. The van der Waals surface area contributed by atoms with Crippen molar-refractivity contribution in [2.45, 2.75) is 0 Å². The van der Waals surface area contributed by atoms with Crippen LogP contribution in [-0.2, 0) is 0 Å². The highest BCUT2D eigenvalue weighted by atomic mass is 32.1. The number of carbonyl (C=O) groups is 1. The first kappa shape index (κ1) is 16.2. The second kappa shape index (κ2) is 7.29. The van der Waals surface area contributed by atoms with Crippen LogP contribution in [0.15, 0.2) is 84.5 Å². The molecule has 5 heteroatoms. The number of carbonyl (C=O) groups excluding carboxylic acids is 1. The minimum Gasteiger partial charge on any atom is -0.298 e. The second-order valence-corrected chi connectivity index (χ2v) is 6.53. The lowest BCUT2D eigenvalue weighted by Gasteiger charge is -2.03. The van der Waals surface area contributed by atoms with Crippen molar-refractivity contribution in [1.29, 1.82) is 0 Å². The normalized spacial score (nSPS) is 10.5. The highest BCUT2D eigenvalue weighted by Crippen LogP contribution is 2.27. The number of rotatable bonds is 4. The number of hydrogen-bond acceptors (Lipinski definition) is 4. The number of thiazole rings is 1. The molecule has 0 saturated carbocycles. The summed E-state index contributed by atoms with van der Waals surface area (Å²) in [6, 6.07) is 21.8. The van der Waals surface area contributed by atoms with Crippen LogP contribution in [0.5, 0.6) is 0 Å². The molecule has 0 spiro atoms. The number of benzene rings is 2. The molecule has 4 rings (SSSR count). The number of nitrogens with zero attached hydrogens (tertiary/aromatic N) is 2. The Morgan fingerprint density at radius 3 is 2.19 bits per heavy atom. The van der Waals surface area contributed by atoms with Crippen molar-refractivity contribution in [3.05, 3.63) is 90.1 Å². The predicted molar refractivity (Wildman–Crippen MR) is 105 cm³/mol. The van der Waals surface area contributed by atoms with Crippen LogP contribution in [-0.4, -0.2) is 15.9 Å². The van der Waals surface area contributed by atoms with Gasteiger partial charge in [-0.05, 0) is 23.3 Å². The Bertz CT molecular complexity index is 1010. The first-order valence-corrected chi connectivity index (χ1v) is 9.00. The molecule has 2 aromatic carbocycles. The van der Waals surface area contributed by atoms with Gasteiger partial charge >= 0.3 is 0 Å². The van der Waals surface area contributed by atoms with Gasteiger partial charge in [0, 0.05) is 28.9 Å². The Morgan fingerprint density at radius 2 is 1.46 bits per heavy atom. The van der Waals surface area contributed by atoms with Crippen molar-refractivity contribution < 1.29 is 4.79 Å². The summed E-state index contributed by atoms with van der Waals surface area (Å²) in [6.07, 6.45) is 3.19. The number of pyridine rings is 1. The van der Waals surface area contributed by atoms with Gasteiger partial charge in [-0.3, -0.25) is 15.1 Å². The summed E-state index contributed by atoms with van der Waals surface area (Å²) in [4.78, 5) is 20.6.